The van der Waals surface area contributed by atoms with E-state index in [1.165, 1.54) is 0 Å². The average molecular weight is 166 g/mol. The van der Waals surface area contributed by atoms with Crippen LogP contribution in [0.25, 0.3) is 0 Å². The maximum absolute atomic E-state index is 5.37. The molecule has 0 aromatic rings. The third-order valence-electron chi connectivity index (χ3n) is 0.577. The van der Waals surface area contributed by atoms with Gasteiger partial charge in [-0.2, -0.15) is 0 Å². The summed E-state index contributed by atoms with van der Waals surface area (Å²) >= 11 is 0. The maximum Gasteiger partial charge on any atom is 0.183 e. The van der Waals surface area contributed by atoms with Crippen molar-refractivity contribution in [2.75, 3.05) is 6.61 Å². The molecule has 1 nitrogen and oxygen atoms in total. The summed E-state index contributed by atoms with van der Waals surface area (Å²) in [5.74, 6) is 0. The quantitative estimate of drug-likeness (QED) is 0.568. The van der Waals surface area contributed by atoms with Crippen molar-refractivity contribution in [1.29, 1.82) is 0 Å². The van der Waals surface area contributed by atoms with Crippen LogP contribution in [0.5, 0.6) is 0 Å². The monoisotopic (exact) mass is 166 g/mol. The molecule has 68 valence electrons. The number of hydrogen-bond acceptors (Lipinski definition) is 1. The molecule has 0 aliphatic heterocycles. The van der Waals surface area contributed by atoms with E-state index in [1.54, 1.807) is 0 Å². The Bertz CT molecular complexity index is 47.7. The summed E-state index contributed by atoms with van der Waals surface area (Å²) in [6.07, 6.45) is 0. The first-order chi connectivity index (χ1) is 3.06. The Kier molecular flexibility index (Phi) is 20.6. The Morgan fingerprint density at radius 2 is 1.30 bits per heavy atom. The minimum absolute atomic E-state index is 0. The molecule has 10 heavy (non-hydrogen) atoms. The topological polar surface area (TPSA) is 9.23 Å². The molecule has 2 heteroatoms. The Balaban J connectivity index is -0.0000000600. The van der Waals surface area contributed by atoms with E-state index in [2.05, 4.69) is 19.6 Å². The van der Waals surface area contributed by atoms with Crippen LogP contribution >= 0.6 is 0 Å². The maximum atomic E-state index is 5.37. The van der Waals surface area contributed by atoms with Gasteiger partial charge in [0.2, 0.25) is 0 Å². The lowest BCUT2D eigenvalue weighted by atomic mass is 10.9. The zero-order valence-electron chi connectivity index (χ0n) is 5.62. The van der Waals surface area contributed by atoms with Crippen LogP contribution in [0.15, 0.2) is 0 Å². The molecule has 0 saturated heterocycles. The van der Waals surface area contributed by atoms with Gasteiger partial charge < -0.3 is 4.43 Å². The lowest BCUT2D eigenvalue weighted by Gasteiger charge is -2.14. The largest absolute Gasteiger partial charge is 0.418 e. The first-order valence-corrected chi connectivity index (χ1v) is 6.11. The lowest BCUT2D eigenvalue weighted by Crippen LogP contribution is -2.24. The fraction of sp³-hybridized carbons (Fsp3) is 1.00. The van der Waals surface area contributed by atoms with Gasteiger partial charge in [0, 0.05) is 6.61 Å². The second-order valence-corrected chi connectivity index (χ2v) is 7.06. The predicted molar refractivity (Wildman–Crippen MR) is 55.2 cm³/mol. The number of hydrogen-bond donors (Lipinski definition) is 0. The summed E-state index contributed by atoms with van der Waals surface area (Å²) in [6.45, 7) is 9.48. The van der Waals surface area contributed by atoms with Crippen LogP contribution in [0.4, 0.5) is 0 Å². The molecule has 0 rings (SSSR count). The van der Waals surface area contributed by atoms with Crippen LogP contribution in [0, 0.1) is 0 Å². The fourth-order valence-corrected chi connectivity index (χ4v) is 1.30. The van der Waals surface area contributed by atoms with Gasteiger partial charge in [-0.1, -0.05) is 22.3 Å². The standard InChI is InChI=1S/C5H14OSi.3CH4/c1-5-6-7(2,3)4;;;/h5H2,1-4H3;3*1H4. The van der Waals surface area contributed by atoms with E-state index in [1.807, 2.05) is 6.92 Å². The van der Waals surface area contributed by atoms with Crippen LogP contribution < -0.4 is 0 Å². The van der Waals surface area contributed by atoms with Gasteiger partial charge in [0.25, 0.3) is 0 Å². The minimum atomic E-state index is -1.16. The molecule has 0 aliphatic rings. The Hall–Kier alpha value is 0.177. The summed E-state index contributed by atoms with van der Waals surface area (Å²) in [7, 11) is -1.16. The zero-order chi connectivity index (χ0) is 5.91. The van der Waals surface area contributed by atoms with Crippen molar-refractivity contribution in [1.82, 2.24) is 0 Å². The first kappa shape index (κ1) is 22.5. The van der Waals surface area contributed by atoms with Gasteiger partial charge in [0.05, 0.1) is 0 Å². The van der Waals surface area contributed by atoms with E-state index in [-0.39, 0.29) is 22.3 Å². The van der Waals surface area contributed by atoms with Gasteiger partial charge >= 0.3 is 0 Å². The van der Waals surface area contributed by atoms with Gasteiger partial charge in [-0.05, 0) is 26.6 Å². The van der Waals surface area contributed by atoms with Crippen molar-refractivity contribution in [2.45, 2.75) is 48.8 Å². The third kappa shape index (κ3) is 24.1. The van der Waals surface area contributed by atoms with Crippen LogP contribution in [0.1, 0.15) is 29.2 Å². The molecule has 0 spiro atoms. The van der Waals surface area contributed by atoms with Crippen molar-refractivity contribution < 1.29 is 4.43 Å². The van der Waals surface area contributed by atoms with E-state index in [0.717, 1.165) is 6.61 Å². The molecular weight excluding hydrogens is 140 g/mol. The molecule has 0 unspecified atom stereocenters. The van der Waals surface area contributed by atoms with Crippen LogP contribution in [-0.2, 0) is 4.43 Å². The average Bonchev–Trinajstić information content (AvgIpc) is 1.30. The molecule has 0 atom stereocenters. The van der Waals surface area contributed by atoms with E-state index >= 15 is 0 Å². The van der Waals surface area contributed by atoms with Gasteiger partial charge in [0.15, 0.2) is 8.32 Å². The Morgan fingerprint density at radius 3 is 1.30 bits per heavy atom. The summed E-state index contributed by atoms with van der Waals surface area (Å²) in [6, 6.07) is 0. The van der Waals surface area contributed by atoms with E-state index < -0.39 is 8.32 Å². The van der Waals surface area contributed by atoms with Crippen molar-refractivity contribution in [3.63, 3.8) is 0 Å². The predicted octanol–water partition coefficient (Wildman–Crippen LogP) is 3.77. The molecule has 0 amide bonds. The fourth-order valence-electron chi connectivity index (χ4n) is 0.433. The molecular formula is C8H26OSi. The van der Waals surface area contributed by atoms with Crippen molar-refractivity contribution in [3.8, 4) is 0 Å². The molecule has 0 aromatic carbocycles. The van der Waals surface area contributed by atoms with Crippen LogP contribution in [0.3, 0.4) is 0 Å². The highest BCUT2D eigenvalue weighted by atomic mass is 28.4. The summed E-state index contributed by atoms with van der Waals surface area (Å²) in [5.41, 5.74) is 0. The van der Waals surface area contributed by atoms with Gasteiger partial charge in [0.1, 0.15) is 0 Å². The van der Waals surface area contributed by atoms with Crippen molar-refractivity contribution in [2.24, 2.45) is 0 Å². The van der Waals surface area contributed by atoms with E-state index in [4.69, 9.17) is 4.43 Å². The van der Waals surface area contributed by atoms with Gasteiger partial charge in [-0.3, -0.25) is 0 Å². The second-order valence-electron chi connectivity index (χ2n) is 2.55. The lowest BCUT2D eigenvalue weighted by molar-refractivity contribution is 0.334. The zero-order valence-corrected chi connectivity index (χ0v) is 6.62. The van der Waals surface area contributed by atoms with Crippen molar-refractivity contribution >= 4 is 8.32 Å². The second kappa shape index (κ2) is 9.18. The van der Waals surface area contributed by atoms with Crippen LogP contribution in [0.2, 0.25) is 19.6 Å². The molecule has 0 fully saturated rings. The SMILES string of the molecule is C.C.C.CCO[Si](C)(C)C. The van der Waals surface area contributed by atoms with E-state index in [0.29, 0.717) is 0 Å². The summed E-state index contributed by atoms with van der Waals surface area (Å²) < 4.78 is 5.37. The highest BCUT2D eigenvalue weighted by Gasteiger charge is 2.11. The van der Waals surface area contributed by atoms with Crippen molar-refractivity contribution in [3.05, 3.63) is 0 Å². The third-order valence-corrected chi connectivity index (χ3v) is 1.73. The molecule has 0 N–H and O–H groups in total. The number of rotatable bonds is 2. The highest BCUT2D eigenvalue weighted by molar-refractivity contribution is 6.69. The minimum Gasteiger partial charge on any atom is -0.418 e. The molecule has 0 saturated carbocycles. The normalized spacial score (nSPS) is 8.40. The summed E-state index contributed by atoms with van der Waals surface area (Å²) in [5, 5.41) is 0. The van der Waals surface area contributed by atoms with Crippen LogP contribution in [-0.4, -0.2) is 14.9 Å². The highest BCUT2D eigenvalue weighted by Crippen LogP contribution is 2.00. The van der Waals surface area contributed by atoms with Gasteiger partial charge in [-0.15, -0.1) is 0 Å². The van der Waals surface area contributed by atoms with E-state index in [9.17, 15) is 0 Å². The Labute approximate surface area is 68.9 Å². The Morgan fingerprint density at radius 1 is 1.00 bits per heavy atom. The molecule has 0 heterocycles. The molecule has 0 radical (unpaired) electrons. The first-order valence-electron chi connectivity index (χ1n) is 2.70. The smallest absolute Gasteiger partial charge is 0.183 e. The molecule has 0 aliphatic carbocycles. The van der Waals surface area contributed by atoms with Gasteiger partial charge in [-0.25, -0.2) is 0 Å². The summed E-state index contributed by atoms with van der Waals surface area (Å²) in [4.78, 5) is 0. The molecule has 0 bridgehead atoms. The molecule has 0 aromatic heterocycles.